The van der Waals surface area contributed by atoms with Gasteiger partial charge >= 0.3 is 0 Å². The van der Waals surface area contributed by atoms with Gasteiger partial charge in [-0.2, -0.15) is 0 Å². The Morgan fingerprint density at radius 1 is 1.15 bits per heavy atom. The van der Waals surface area contributed by atoms with Crippen LogP contribution in [0.5, 0.6) is 0 Å². The van der Waals surface area contributed by atoms with Gasteiger partial charge < -0.3 is 5.32 Å². The first-order valence-electron chi connectivity index (χ1n) is 5.73. The topological polar surface area (TPSA) is 85.1 Å². The lowest BCUT2D eigenvalue weighted by Gasteiger charge is -1.98. The number of benzene rings is 1. The summed E-state index contributed by atoms with van der Waals surface area (Å²) >= 11 is 2.74. The van der Waals surface area contributed by atoms with Gasteiger partial charge in [-0.05, 0) is 24.3 Å². The second kappa shape index (κ2) is 5.13. The van der Waals surface area contributed by atoms with E-state index >= 15 is 0 Å². The highest BCUT2D eigenvalue weighted by atomic mass is 32.2. The zero-order valence-corrected chi connectivity index (χ0v) is 12.7. The lowest BCUT2D eigenvalue weighted by atomic mass is 10.3. The fraction of sp³-hybridized carbons (Fsp3) is 0.0833. The van der Waals surface area contributed by atoms with E-state index in [0.29, 0.717) is 6.54 Å². The van der Waals surface area contributed by atoms with E-state index in [2.05, 4.69) is 10.3 Å². The molecular formula is C12H11N3O2S3. The first-order valence-corrected chi connectivity index (χ1v) is 8.91. The summed E-state index contributed by atoms with van der Waals surface area (Å²) in [5, 5.41) is 9.09. The Bertz CT molecular complexity index is 819. The zero-order chi connectivity index (χ0) is 14.2. The van der Waals surface area contributed by atoms with Gasteiger partial charge in [0.2, 0.25) is 10.0 Å². The molecule has 0 unspecified atom stereocenters. The van der Waals surface area contributed by atoms with Crippen molar-refractivity contribution < 1.29 is 8.42 Å². The standard InChI is InChI=1S/C12H11N3O2S3/c13-20(16,17)11-6-5-8(18-11)7-14-12-15-9-3-1-2-4-10(9)19-12/h1-6H,7H2,(H,14,15)(H2,13,16,17). The van der Waals surface area contributed by atoms with Gasteiger partial charge in [-0.25, -0.2) is 18.5 Å². The molecule has 0 bridgehead atoms. The summed E-state index contributed by atoms with van der Waals surface area (Å²) < 4.78 is 23.7. The smallest absolute Gasteiger partial charge is 0.247 e. The summed E-state index contributed by atoms with van der Waals surface area (Å²) in [7, 11) is -3.61. The molecule has 0 saturated carbocycles. The number of rotatable bonds is 4. The molecule has 0 atom stereocenters. The van der Waals surface area contributed by atoms with E-state index in [4.69, 9.17) is 5.14 Å². The highest BCUT2D eigenvalue weighted by Gasteiger charge is 2.11. The van der Waals surface area contributed by atoms with Crippen LogP contribution in [-0.4, -0.2) is 13.4 Å². The highest BCUT2D eigenvalue weighted by molar-refractivity contribution is 7.91. The fourth-order valence-electron chi connectivity index (χ4n) is 1.72. The molecule has 0 spiro atoms. The minimum Gasteiger partial charge on any atom is -0.357 e. The molecule has 5 nitrogen and oxygen atoms in total. The van der Waals surface area contributed by atoms with Crippen LogP contribution in [0.2, 0.25) is 0 Å². The highest BCUT2D eigenvalue weighted by Crippen LogP contribution is 2.27. The predicted octanol–water partition coefficient (Wildman–Crippen LogP) is 2.62. The number of thiazole rings is 1. The maximum Gasteiger partial charge on any atom is 0.247 e. The molecule has 20 heavy (non-hydrogen) atoms. The minimum absolute atomic E-state index is 0.179. The van der Waals surface area contributed by atoms with Gasteiger partial charge in [-0.15, -0.1) is 11.3 Å². The third-order valence-electron chi connectivity index (χ3n) is 2.63. The molecule has 2 heterocycles. The van der Waals surface area contributed by atoms with Crippen LogP contribution in [0, 0.1) is 0 Å². The zero-order valence-electron chi connectivity index (χ0n) is 10.2. The van der Waals surface area contributed by atoms with E-state index in [9.17, 15) is 8.42 Å². The first kappa shape index (κ1) is 13.5. The third-order valence-corrected chi connectivity index (χ3v) is 6.14. The number of sulfonamides is 1. The Labute approximate surface area is 124 Å². The van der Waals surface area contributed by atoms with E-state index < -0.39 is 10.0 Å². The van der Waals surface area contributed by atoms with Gasteiger partial charge in [0, 0.05) is 4.88 Å². The van der Waals surface area contributed by atoms with Gasteiger partial charge in [0.15, 0.2) is 5.13 Å². The Kier molecular flexibility index (Phi) is 3.47. The number of nitrogens with two attached hydrogens (primary N) is 1. The average Bonchev–Trinajstić information content (AvgIpc) is 3.02. The molecule has 2 aromatic heterocycles. The molecule has 1 aromatic carbocycles. The maximum absolute atomic E-state index is 11.2. The number of nitrogens with one attached hydrogen (secondary N) is 1. The van der Waals surface area contributed by atoms with Crippen molar-refractivity contribution >= 4 is 48.0 Å². The summed E-state index contributed by atoms with van der Waals surface area (Å²) in [5.74, 6) is 0. The Morgan fingerprint density at radius 2 is 1.95 bits per heavy atom. The number of hydrogen-bond donors (Lipinski definition) is 2. The lowest BCUT2D eigenvalue weighted by molar-refractivity contribution is 0.600. The average molecular weight is 325 g/mol. The third kappa shape index (κ3) is 2.83. The van der Waals surface area contributed by atoms with Gasteiger partial charge in [0.1, 0.15) is 4.21 Å². The normalized spacial score (nSPS) is 11.8. The van der Waals surface area contributed by atoms with Crippen molar-refractivity contribution in [3.05, 3.63) is 41.3 Å². The van der Waals surface area contributed by atoms with Crippen LogP contribution in [0.25, 0.3) is 10.2 Å². The number of nitrogens with zero attached hydrogens (tertiary/aromatic N) is 1. The molecule has 0 amide bonds. The molecular weight excluding hydrogens is 314 g/mol. The van der Waals surface area contributed by atoms with Crippen LogP contribution < -0.4 is 10.5 Å². The Morgan fingerprint density at radius 3 is 2.65 bits per heavy atom. The van der Waals surface area contributed by atoms with E-state index in [1.807, 2.05) is 24.3 Å². The van der Waals surface area contributed by atoms with Gasteiger partial charge in [0.05, 0.1) is 16.8 Å². The second-order valence-corrected chi connectivity index (χ2v) is 8.09. The van der Waals surface area contributed by atoms with Gasteiger partial charge in [0.25, 0.3) is 0 Å². The predicted molar refractivity (Wildman–Crippen MR) is 82.6 cm³/mol. The molecule has 3 rings (SSSR count). The molecule has 0 aliphatic carbocycles. The Hall–Kier alpha value is -1.48. The summed E-state index contributed by atoms with van der Waals surface area (Å²) in [6, 6.07) is 11.2. The van der Waals surface area contributed by atoms with Crippen LogP contribution >= 0.6 is 22.7 Å². The first-order chi connectivity index (χ1) is 9.52. The van der Waals surface area contributed by atoms with Crippen molar-refractivity contribution in [2.75, 3.05) is 5.32 Å². The van der Waals surface area contributed by atoms with Crippen molar-refractivity contribution in [2.24, 2.45) is 5.14 Å². The largest absolute Gasteiger partial charge is 0.357 e. The van der Waals surface area contributed by atoms with Crippen LogP contribution in [0.1, 0.15) is 4.88 Å². The Balaban J connectivity index is 1.74. The maximum atomic E-state index is 11.2. The second-order valence-electron chi connectivity index (χ2n) is 4.11. The number of aromatic nitrogens is 1. The number of para-hydroxylation sites is 1. The summed E-state index contributed by atoms with van der Waals surface area (Å²) in [6.07, 6.45) is 0. The lowest BCUT2D eigenvalue weighted by Crippen LogP contribution is -2.09. The van der Waals surface area contributed by atoms with E-state index in [1.165, 1.54) is 17.4 Å². The van der Waals surface area contributed by atoms with Crippen LogP contribution in [0.3, 0.4) is 0 Å². The molecule has 3 aromatic rings. The van der Waals surface area contributed by atoms with E-state index in [0.717, 1.165) is 20.2 Å². The molecule has 0 aliphatic rings. The summed E-state index contributed by atoms with van der Waals surface area (Å²) in [6.45, 7) is 0.528. The van der Waals surface area contributed by atoms with Crippen molar-refractivity contribution in [3.63, 3.8) is 0 Å². The molecule has 0 radical (unpaired) electrons. The number of thiophene rings is 1. The van der Waals surface area contributed by atoms with Gasteiger partial charge in [-0.3, -0.25) is 0 Å². The quantitative estimate of drug-likeness (QED) is 0.772. The van der Waals surface area contributed by atoms with Crippen LogP contribution in [-0.2, 0) is 16.6 Å². The van der Waals surface area contributed by atoms with E-state index in [1.54, 1.807) is 17.4 Å². The molecule has 3 N–H and O–H groups in total. The molecule has 0 fully saturated rings. The number of primary sulfonamides is 1. The summed E-state index contributed by atoms with van der Waals surface area (Å²) in [5.41, 5.74) is 0.955. The van der Waals surface area contributed by atoms with Crippen molar-refractivity contribution in [1.29, 1.82) is 0 Å². The van der Waals surface area contributed by atoms with Crippen LogP contribution in [0.4, 0.5) is 5.13 Å². The van der Waals surface area contributed by atoms with Gasteiger partial charge in [-0.1, -0.05) is 23.5 Å². The fourth-order valence-corrected chi connectivity index (χ4v) is 4.30. The summed E-state index contributed by atoms with van der Waals surface area (Å²) in [4.78, 5) is 5.35. The number of anilines is 1. The van der Waals surface area contributed by atoms with Crippen LogP contribution in [0.15, 0.2) is 40.6 Å². The molecule has 104 valence electrons. The number of fused-ring (bicyclic) bond motifs is 1. The van der Waals surface area contributed by atoms with Crippen molar-refractivity contribution in [2.45, 2.75) is 10.8 Å². The minimum atomic E-state index is -3.61. The van der Waals surface area contributed by atoms with Crippen molar-refractivity contribution in [3.8, 4) is 0 Å². The van der Waals surface area contributed by atoms with Crippen molar-refractivity contribution in [1.82, 2.24) is 4.98 Å². The molecule has 8 heteroatoms. The van der Waals surface area contributed by atoms with E-state index in [-0.39, 0.29) is 4.21 Å². The molecule has 0 aliphatic heterocycles. The SMILES string of the molecule is NS(=O)(=O)c1ccc(CNc2nc3ccccc3s2)s1. The number of hydrogen-bond acceptors (Lipinski definition) is 6. The molecule has 0 saturated heterocycles. The monoisotopic (exact) mass is 325 g/mol.